The molecule has 29 heavy (non-hydrogen) atoms. The van der Waals surface area contributed by atoms with Gasteiger partial charge in [0.2, 0.25) is 0 Å². The first kappa shape index (κ1) is 25.8. The highest BCUT2D eigenvalue weighted by atomic mass is 127. The van der Waals surface area contributed by atoms with Gasteiger partial charge in [-0.25, -0.2) is 0 Å². The summed E-state index contributed by atoms with van der Waals surface area (Å²) >= 11 is 0. The second-order valence-electron chi connectivity index (χ2n) is 6.87. The SMILES string of the molecule is CCCCCNC(=NC)NCC(c1ccc(OC)c(OC)c1)N1CCOCC1.I. The number of benzene rings is 1. The monoisotopic (exact) mass is 520 g/mol. The molecule has 0 bridgehead atoms. The van der Waals surface area contributed by atoms with Crippen LogP contribution in [0.4, 0.5) is 0 Å². The Morgan fingerprint density at radius 2 is 1.86 bits per heavy atom. The normalized spacial score (nSPS) is 15.9. The molecule has 1 atom stereocenters. The lowest BCUT2D eigenvalue weighted by Crippen LogP contribution is -2.46. The van der Waals surface area contributed by atoms with Crippen molar-refractivity contribution in [1.29, 1.82) is 0 Å². The molecule has 1 aliphatic rings. The molecule has 8 heteroatoms. The zero-order chi connectivity index (χ0) is 20.2. The fourth-order valence-electron chi connectivity index (χ4n) is 3.40. The predicted molar refractivity (Wildman–Crippen MR) is 129 cm³/mol. The molecule has 0 saturated carbocycles. The van der Waals surface area contributed by atoms with E-state index in [0.29, 0.717) is 0 Å². The number of guanidine groups is 1. The van der Waals surface area contributed by atoms with Gasteiger partial charge in [0.1, 0.15) is 0 Å². The highest BCUT2D eigenvalue weighted by Gasteiger charge is 2.24. The number of hydrogen-bond donors (Lipinski definition) is 2. The Balaban J connectivity index is 0.00000420. The summed E-state index contributed by atoms with van der Waals surface area (Å²) in [6, 6.07) is 6.34. The van der Waals surface area contributed by atoms with Crippen molar-refractivity contribution in [2.45, 2.75) is 32.2 Å². The molecule has 1 aromatic rings. The third-order valence-electron chi connectivity index (χ3n) is 5.04. The van der Waals surface area contributed by atoms with Crippen LogP contribution >= 0.6 is 24.0 Å². The Labute approximate surface area is 192 Å². The zero-order valence-electron chi connectivity index (χ0n) is 18.2. The standard InChI is InChI=1S/C21H36N4O3.HI/c1-5-6-7-10-23-21(22-2)24-16-18(25-11-13-28-14-12-25)17-8-9-19(26-3)20(15-17)27-4;/h8-9,15,18H,5-7,10-14,16H2,1-4H3,(H2,22,23,24);1H. The molecule has 7 nitrogen and oxygen atoms in total. The van der Waals surface area contributed by atoms with Gasteiger partial charge < -0.3 is 24.8 Å². The van der Waals surface area contributed by atoms with E-state index < -0.39 is 0 Å². The highest BCUT2D eigenvalue weighted by Crippen LogP contribution is 2.32. The van der Waals surface area contributed by atoms with Gasteiger partial charge in [-0.15, -0.1) is 24.0 Å². The Morgan fingerprint density at radius 3 is 2.48 bits per heavy atom. The van der Waals surface area contributed by atoms with Gasteiger partial charge in [0.25, 0.3) is 0 Å². The molecular formula is C21H37IN4O3. The Kier molecular flexibility index (Phi) is 13.0. The van der Waals surface area contributed by atoms with Crippen LogP contribution in [0.25, 0.3) is 0 Å². The van der Waals surface area contributed by atoms with Gasteiger partial charge in [0.15, 0.2) is 17.5 Å². The summed E-state index contributed by atoms with van der Waals surface area (Å²) in [6.07, 6.45) is 3.60. The number of ether oxygens (including phenoxy) is 3. The Morgan fingerprint density at radius 1 is 1.14 bits per heavy atom. The fraction of sp³-hybridized carbons (Fsp3) is 0.667. The van der Waals surface area contributed by atoms with Crippen LogP contribution in [0.3, 0.4) is 0 Å². The molecule has 0 spiro atoms. The molecule has 2 N–H and O–H groups in total. The number of methoxy groups -OCH3 is 2. The van der Waals surface area contributed by atoms with E-state index in [9.17, 15) is 0 Å². The first-order valence-corrected chi connectivity index (χ1v) is 10.2. The summed E-state index contributed by atoms with van der Waals surface area (Å²) in [5, 5.41) is 6.90. The van der Waals surface area contributed by atoms with Crippen LogP contribution in [0.15, 0.2) is 23.2 Å². The van der Waals surface area contributed by atoms with Crippen LogP contribution in [0.5, 0.6) is 11.5 Å². The van der Waals surface area contributed by atoms with Gasteiger partial charge in [-0.1, -0.05) is 25.8 Å². The van der Waals surface area contributed by atoms with Crippen molar-refractivity contribution in [3.63, 3.8) is 0 Å². The summed E-state index contributed by atoms with van der Waals surface area (Å²) in [5.41, 5.74) is 1.19. The average Bonchev–Trinajstić information content (AvgIpc) is 2.75. The molecule has 1 unspecified atom stereocenters. The number of halogens is 1. The maximum Gasteiger partial charge on any atom is 0.191 e. The van der Waals surface area contributed by atoms with Crippen molar-refractivity contribution in [3.8, 4) is 11.5 Å². The molecule has 1 saturated heterocycles. The minimum absolute atomic E-state index is 0. The minimum Gasteiger partial charge on any atom is -0.493 e. The average molecular weight is 520 g/mol. The van der Waals surface area contributed by atoms with E-state index in [-0.39, 0.29) is 30.0 Å². The van der Waals surface area contributed by atoms with Crippen molar-refractivity contribution in [2.24, 2.45) is 4.99 Å². The second kappa shape index (κ2) is 14.7. The van der Waals surface area contributed by atoms with Gasteiger partial charge in [-0.2, -0.15) is 0 Å². The van der Waals surface area contributed by atoms with Crippen molar-refractivity contribution in [2.75, 3.05) is 60.7 Å². The third-order valence-corrected chi connectivity index (χ3v) is 5.04. The first-order valence-electron chi connectivity index (χ1n) is 10.2. The predicted octanol–water partition coefficient (Wildman–Crippen LogP) is 3.05. The van der Waals surface area contributed by atoms with Gasteiger partial charge in [-0.05, 0) is 24.1 Å². The van der Waals surface area contributed by atoms with Gasteiger partial charge in [0, 0.05) is 33.2 Å². The summed E-state index contributed by atoms with van der Waals surface area (Å²) in [5.74, 6) is 2.34. The van der Waals surface area contributed by atoms with Gasteiger partial charge >= 0.3 is 0 Å². The third kappa shape index (κ3) is 8.18. The lowest BCUT2D eigenvalue weighted by atomic mass is 10.0. The van der Waals surface area contributed by atoms with Crippen molar-refractivity contribution in [3.05, 3.63) is 23.8 Å². The quantitative estimate of drug-likeness (QED) is 0.214. The number of morpholine rings is 1. The van der Waals surface area contributed by atoms with E-state index in [2.05, 4.69) is 39.6 Å². The number of rotatable bonds is 10. The molecule has 1 fully saturated rings. The summed E-state index contributed by atoms with van der Waals surface area (Å²) in [6.45, 7) is 7.23. The van der Waals surface area contributed by atoms with E-state index in [1.165, 1.54) is 18.4 Å². The number of nitrogens with zero attached hydrogens (tertiary/aromatic N) is 2. The lowest BCUT2D eigenvalue weighted by molar-refractivity contribution is 0.0169. The molecule has 0 aliphatic carbocycles. The van der Waals surface area contributed by atoms with Crippen molar-refractivity contribution in [1.82, 2.24) is 15.5 Å². The van der Waals surface area contributed by atoms with Crippen molar-refractivity contribution < 1.29 is 14.2 Å². The zero-order valence-corrected chi connectivity index (χ0v) is 20.5. The Hall–Kier alpha value is -1.26. The summed E-state index contributed by atoms with van der Waals surface area (Å²) in [4.78, 5) is 6.81. The van der Waals surface area contributed by atoms with Gasteiger partial charge in [0.05, 0.1) is 33.5 Å². The number of aliphatic imine (C=N–C) groups is 1. The fourth-order valence-corrected chi connectivity index (χ4v) is 3.40. The molecule has 0 amide bonds. The van der Waals surface area contributed by atoms with E-state index in [1.54, 1.807) is 14.2 Å². The minimum atomic E-state index is 0. The van der Waals surface area contributed by atoms with Crippen LogP contribution in [-0.4, -0.2) is 71.5 Å². The van der Waals surface area contributed by atoms with Crippen LogP contribution in [-0.2, 0) is 4.74 Å². The molecule has 2 rings (SSSR count). The smallest absolute Gasteiger partial charge is 0.191 e. The molecular weight excluding hydrogens is 483 g/mol. The molecule has 1 aromatic carbocycles. The maximum atomic E-state index is 5.55. The molecule has 0 aromatic heterocycles. The van der Waals surface area contributed by atoms with Crippen LogP contribution < -0.4 is 20.1 Å². The molecule has 166 valence electrons. The van der Waals surface area contributed by atoms with Crippen molar-refractivity contribution >= 4 is 29.9 Å². The largest absolute Gasteiger partial charge is 0.493 e. The first-order chi connectivity index (χ1) is 13.7. The van der Waals surface area contributed by atoms with Crippen LogP contribution in [0.1, 0.15) is 37.8 Å². The molecule has 1 aliphatic heterocycles. The summed E-state index contributed by atoms with van der Waals surface area (Å²) < 4.78 is 16.5. The van der Waals surface area contributed by atoms with E-state index in [4.69, 9.17) is 14.2 Å². The lowest BCUT2D eigenvalue weighted by Gasteiger charge is -2.35. The van der Waals surface area contributed by atoms with E-state index in [0.717, 1.165) is 63.3 Å². The van der Waals surface area contributed by atoms with Crippen LogP contribution in [0.2, 0.25) is 0 Å². The summed E-state index contributed by atoms with van der Waals surface area (Å²) in [7, 11) is 5.15. The van der Waals surface area contributed by atoms with Gasteiger partial charge in [-0.3, -0.25) is 9.89 Å². The number of hydrogen-bond acceptors (Lipinski definition) is 5. The topological polar surface area (TPSA) is 67.4 Å². The number of nitrogens with one attached hydrogen (secondary N) is 2. The highest BCUT2D eigenvalue weighted by molar-refractivity contribution is 14.0. The van der Waals surface area contributed by atoms with Crippen LogP contribution in [0, 0.1) is 0 Å². The maximum absolute atomic E-state index is 5.55. The Bertz CT molecular complexity index is 610. The van der Waals surface area contributed by atoms with E-state index >= 15 is 0 Å². The number of unbranched alkanes of at least 4 members (excludes halogenated alkanes) is 2. The van der Waals surface area contributed by atoms with E-state index in [1.807, 2.05) is 13.1 Å². The second-order valence-corrected chi connectivity index (χ2v) is 6.87. The molecule has 0 radical (unpaired) electrons. The molecule has 1 heterocycles.